The summed E-state index contributed by atoms with van der Waals surface area (Å²) >= 11 is 8.13. The lowest BCUT2D eigenvalue weighted by Crippen LogP contribution is -2.08. The van der Waals surface area contributed by atoms with Gasteiger partial charge in [-0.25, -0.2) is 0 Å². The molecule has 0 bridgehead atoms. The van der Waals surface area contributed by atoms with Gasteiger partial charge in [0, 0.05) is 15.5 Å². The molecule has 0 spiro atoms. The molecular weight excluding hydrogens is 200 g/mol. The second-order valence-corrected chi connectivity index (χ2v) is 5.29. The number of halogens is 1. The molecule has 0 saturated heterocycles. The van der Waals surface area contributed by atoms with Gasteiger partial charge < -0.3 is 0 Å². The lowest BCUT2D eigenvalue weighted by atomic mass is 10.4. The fourth-order valence-corrected chi connectivity index (χ4v) is 3.35. The summed E-state index contributed by atoms with van der Waals surface area (Å²) in [6.45, 7) is 0. The van der Waals surface area contributed by atoms with Crippen LogP contribution in [0.1, 0.15) is 19.3 Å². The van der Waals surface area contributed by atoms with E-state index < -0.39 is 0 Å². The fraction of sp³-hybridized carbons (Fsp3) is 0.455. The van der Waals surface area contributed by atoms with Crippen LogP contribution in [0.5, 0.6) is 0 Å². The molecule has 0 aliphatic heterocycles. The van der Waals surface area contributed by atoms with Crippen LogP contribution in [0.4, 0.5) is 0 Å². The SMILES string of the molecule is ClC1CCCC1Sc1ccccc1. The predicted molar refractivity (Wildman–Crippen MR) is 59.6 cm³/mol. The van der Waals surface area contributed by atoms with Gasteiger partial charge in [0.1, 0.15) is 0 Å². The minimum Gasteiger partial charge on any atom is -0.122 e. The molecule has 1 fully saturated rings. The van der Waals surface area contributed by atoms with Crippen LogP contribution in [-0.2, 0) is 0 Å². The Kier molecular flexibility index (Phi) is 3.18. The predicted octanol–water partition coefficient (Wildman–Crippen LogP) is 3.94. The van der Waals surface area contributed by atoms with Crippen molar-refractivity contribution < 1.29 is 0 Å². The van der Waals surface area contributed by atoms with Crippen LogP contribution in [0, 0.1) is 0 Å². The molecule has 0 aromatic heterocycles. The Hall–Kier alpha value is -0.140. The number of alkyl halides is 1. The molecule has 0 nitrogen and oxygen atoms in total. The van der Waals surface area contributed by atoms with Crippen LogP contribution in [0.15, 0.2) is 35.2 Å². The first-order valence-electron chi connectivity index (χ1n) is 4.72. The van der Waals surface area contributed by atoms with Crippen molar-refractivity contribution in [3.8, 4) is 0 Å². The molecule has 2 heteroatoms. The number of benzene rings is 1. The molecular formula is C11H13ClS. The highest BCUT2D eigenvalue weighted by Crippen LogP contribution is 2.37. The first-order valence-corrected chi connectivity index (χ1v) is 6.03. The van der Waals surface area contributed by atoms with Crippen LogP contribution in [0.25, 0.3) is 0 Å². The Bertz CT molecular complexity index is 260. The summed E-state index contributed by atoms with van der Waals surface area (Å²) in [5.74, 6) is 0. The van der Waals surface area contributed by atoms with E-state index in [0.29, 0.717) is 10.6 Å². The minimum absolute atomic E-state index is 0.380. The standard InChI is InChI=1S/C11H13ClS/c12-10-7-4-8-11(10)13-9-5-2-1-3-6-9/h1-3,5-6,10-11H,4,7-8H2. The number of rotatable bonds is 2. The van der Waals surface area contributed by atoms with E-state index in [4.69, 9.17) is 11.6 Å². The highest BCUT2D eigenvalue weighted by Gasteiger charge is 2.25. The lowest BCUT2D eigenvalue weighted by molar-refractivity contribution is 0.888. The normalized spacial score (nSPS) is 27.8. The molecule has 0 radical (unpaired) electrons. The maximum atomic E-state index is 6.21. The van der Waals surface area contributed by atoms with E-state index in [9.17, 15) is 0 Å². The highest BCUT2D eigenvalue weighted by atomic mass is 35.5. The number of hydrogen-bond acceptors (Lipinski definition) is 1. The van der Waals surface area contributed by atoms with Gasteiger partial charge in [-0.1, -0.05) is 24.6 Å². The Labute approximate surface area is 88.7 Å². The van der Waals surface area contributed by atoms with Gasteiger partial charge in [0.25, 0.3) is 0 Å². The van der Waals surface area contributed by atoms with Gasteiger partial charge in [-0.15, -0.1) is 23.4 Å². The van der Waals surface area contributed by atoms with E-state index in [1.54, 1.807) is 0 Å². The third-order valence-electron chi connectivity index (χ3n) is 2.40. The molecule has 2 rings (SSSR count). The average Bonchev–Trinajstić information content (AvgIpc) is 2.54. The van der Waals surface area contributed by atoms with E-state index in [1.807, 2.05) is 11.8 Å². The maximum Gasteiger partial charge on any atom is 0.0458 e. The van der Waals surface area contributed by atoms with Crippen LogP contribution >= 0.6 is 23.4 Å². The van der Waals surface area contributed by atoms with E-state index >= 15 is 0 Å². The largest absolute Gasteiger partial charge is 0.122 e. The summed E-state index contributed by atoms with van der Waals surface area (Å²) in [5, 5.41) is 1.01. The Morgan fingerprint density at radius 1 is 1.15 bits per heavy atom. The molecule has 1 aliphatic rings. The third kappa shape index (κ3) is 2.41. The summed E-state index contributed by atoms with van der Waals surface area (Å²) in [4.78, 5) is 1.35. The van der Waals surface area contributed by atoms with Crippen molar-refractivity contribution in [3.63, 3.8) is 0 Å². The fourth-order valence-electron chi connectivity index (χ4n) is 1.69. The number of hydrogen-bond donors (Lipinski definition) is 0. The molecule has 13 heavy (non-hydrogen) atoms. The van der Waals surface area contributed by atoms with Gasteiger partial charge in [0.15, 0.2) is 0 Å². The van der Waals surface area contributed by atoms with Crippen molar-refractivity contribution in [2.75, 3.05) is 0 Å². The van der Waals surface area contributed by atoms with Crippen molar-refractivity contribution in [2.45, 2.75) is 34.8 Å². The quantitative estimate of drug-likeness (QED) is 0.670. The van der Waals surface area contributed by atoms with Crippen LogP contribution < -0.4 is 0 Å². The average molecular weight is 213 g/mol. The molecule has 2 atom stereocenters. The highest BCUT2D eigenvalue weighted by molar-refractivity contribution is 8.00. The van der Waals surface area contributed by atoms with Gasteiger partial charge in [-0.05, 0) is 25.0 Å². The van der Waals surface area contributed by atoms with E-state index in [1.165, 1.54) is 24.2 Å². The summed E-state index contributed by atoms with van der Waals surface area (Å²) < 4.78 is 0. The molecule has 1 saturated carbocycles. The first-order chi connectivity index (χ1) is 6.36. The summed E-state index contributed by atoms with van der Waals surface area (Å²) in [6, 6.07) is 10.5. The first kappa shape index (κ1) is 9.42. The molecule has 2 unspecified atom stereocenters. The van der Waals surface area contributed by atoms with Crippen LogP contribution in [-0.4, -0.2) is 10.6 Å². The summed E-state index contributed by atoms with van der Waals surface area (Å²) in [5.41, 5.74) is 0. The monoisotopic (exact) mass is 212 g/mol. The zero-order valence-corrected chi connectivity index (χ0v) is 9.02. The Morgan fingerprint density at radius 3 is 2.54 bits per heavy atom. The minimum atomic E-state index is 0.380. The van der Waals surface area contributed by atoms with Crippen molar-refractivity contribution in [1.82, 2.24) is 0 Å². The van der Waals surface area contributed by atoms with E-state index in [2.05, 4.69) is 30.3 Å². The van der Waals surface area contributed by atoms with Gasteiger partial charge >= 0.3 is 0 Å². The molecule has 1 aromatic rings. The zero-order chi connectivity index (χ0) is 9.10. The number of thioether (sulfide) groups is 1. The van der Waals surface area contributed by atoms with Crippen molar-refractivity contribution in [2.24, 2.45) is 0 Å². The Balaban J connectivity index is 1.98. The van der Waals surface area contributed by atoms with Crippen molar-refractivity contribution >= 4 is 23.4 Å². The van der Waals surface area contributed by atoms with Gasteiger partial charge in [0.2, 0.25) is 0 Å². The lowest BCUT2D eigenvalue weighted by Gasteiger charge is -2.12. The second kappa shape index (κ2) is 4.39. The van der Waals surface area contributed by atoms with Gasteiger partial charge in [-0.3, -0.25) is 0 Å². The van der Waals surface area contributed by atoms with Crippen LogP contribution in [0.3, 0.4) is 0 Å². The summed E-state index contributed by atoms with van der Waals surface area (Å²) in [6.07, 6.45) is 3.75. The van der Waals surface area contributed by atoms with Crippen molar-refractivity contribution in [1.29, 1.82) is 0 Å². The van der Waals surface area contributed by atoms with Crippen molar-refractivity contribution in [3.05, 3.63) is 30.3 Å². The molecule has 1 aliphatic carbocycles. The Morgan fingerprint density at radius 2 is 1.92 bits per heavy atom. The van der Waals surface area contributed by atoms with Gasteiger partial charge in [0.05, 0.1) is 0 Å². The van der Waals surface area contributed by atoms with Crippen LogP contribution in [0.2, 0.25) is 0 Å². The third-order valence-corrected chi connectivity index (χ3v) is 4.49. The molecule has 0 N–H and O–H groups in total. The molecule has 0 amide bonds. The topological polar surface area (TPSA) is 0 Å². The van der Waals surface area contributed by atoms with E-state index in [-0.39, 0.29) is 0 Å². The molecule has 1 aromatic carbocycles. The summed E-state index contributed by atoms with van der Waals surface area (Å²) in [7, 11) is 0. The zero-order valence-electron chi connectivity index (χ0n) is 7.45. The second-order valence-electron chi connectivity index (χ2n) is 3.42. The molecule has 70 valence electrons. The smallest absolute Gasteiger partial charge is 0.0458 e. The van der Waals surface area contributed by atoms with Gasteiger partial charge in [-0.2, -0.15) is 0 Å². The van der Waals surface area contributed by atoms with E-state index in [0.717, 1.165) is 0 Å². The molecule has 0 heterocycles. The maximum absolute atomic E-state index is 6.21.